The Morgan fingerprint density at radius 1 is 1.14 bits per heavy atom. The fourth-order valence-corrected chi connectivity index (χ4v) is 2.59. The molecule has 0 aliphatic rings. The van der Waals surface area contributed by atoms with E-state index in [2.05, 4.69) is 5.32 Å². The third-order valence-electron chi connectivity index (χ3n) is 3.30. The maximum Gasteiger partial charge on any atom is 0.321 e. The van der Waals surface area contributed by atoms with Crippen molar-refractivity contribution in [1.29, 1.82) is 0 Å². The summed E-state index contributed by atoms with van der Waals surface area (Å²) in [5, 5.41) is 13.4. The van der Waals surface area contributed by atoms with E-state index in [0.717, 1.165) is 5.56 Å². The number of anilines is 1. The van der Waals surface area contributed by atoms with E-state index in [9.17, 15) is 9.90 Å². The minimum absolute atomic E-state index is 0.282. The van der Waals surface area contributed by atoms with Gasteiger partial charge in [0.25, 0.3) is 0 Å². The van der Waals surface area contributed by atoms with Gasteiger partial charge in [-0.25, -0.2) is 0 Å². The van der Waals surface area contributed by atoms with Crippen LogP contribution in [-0.4, -0.2) is 17.1 Å². The van der Waals surface area contributed by atoms with E-state index in [1.165, 1.54) is 0 Å². The fourth-order valence-electron chi connectivity index (χ4n) is 2.06. The van der Waals surface area contributed by atoms with E-state index in [1.54, 1.807) is 30.3 Å². The van der Waals surface area contributed by atoms with Crippen LogP contribution in [0.1, 0.15) is 11.1 Å². The third kappa shape index (κ3) is 4.37. The van der Waals surface area contributed by atoms with E-state index >= 15 is 0 Å². The first-order chi connectivity index (χ1) is 10.5. The first-order valence-corrected chi connectivity index (χ1v) is 7.46. The molecule has 2 aromatic carbocycles. The minimum Gasteiger partial charge on any atom is -0.480 e. The lowest BCUT2D eigenvalue weighted by Gasteiger charge is -2.16. The number of rotatable bonds is 6. The predicted octanol–water partition coefficient (Wildman–Crippen LogP) is 3.36. The molecule has 1 atom stereocenters. The van der Waals surface area contributed by atoms with Crippen LogP contribution in [0.4, 0.5) is 5.69 Å². The largest absolute Gasteiger partial charge is 0.480 e. The van der Waals surface area contributed by atoms with Crippen molar-refractivity contribution in [3.05, 3.63) is 63.6 Å². The SMILES string of the molecule is Nc1ccc(CC(NCc2c(Cl)cccc2Cl)C(=O)O)cc1. The number of carboxylic acids is 1. The van der Waals surface area contributed by atoms with Crippen molar-refractivity contribution in [3.8, 4) is 0 Å². The lowest BCUT2D eigenvalue weighted by atomic mass is 10.1. The van der Waals surface area contributed by atoms with Gasteiger partial charge in [-0.2, -0.15) is 0 Å². The molecule has 0 heterocycles. The first kappa shape index (κ1) is 16.6. The lowest BCUT2D eigenvalue weighted by Crippen LogP contribution is -2.38. The summed E-state index contributed by atoms with van der Waals surface area (Å²) in [5.74, 6) is -0.931. The van der Waals surface area contributed by atoms with Crippen LogP contribution >= 0.6 is 23.2 Å². The number of carboxylic acid groups (broad SMARTS) is 1. The molecule has 0 amide bonds. The van der Waals surface area contributed by atoms with Crippen molar-refractivity contribution < 1.29 is 9.90 Å². The molecular formula is C16H16Cl2N2O2. The molecule has 1 unspecified atom stereocenters. The summed E-state index contributed by atoms with van der Waals surface area (Å²) in [7, 11) is 0. The first-order valence-electron chi connectivity index (χ1n) is 6.71. The van der Waals surface area contributed by atoms with Crippen LogP contribution in [0.15, 0.2) is 42.5 Å². The smallest absolute Gasteiger partial charge is 0.321 e. The average Bonchev–Trinajstić information content (AvgIpc) is 2.47. The number of aliphatic carboxylic acids is 1. The van der Waals surface area contributed by atoms with Crippen molar-refractivity contribution in [2.24, 2.45) is 0 Å². The van der Waals surface area contributed by atoms with Crippen molar-refractivity contribution in [3.63, 3.8) is 0 Å². The van der Waals surface area contributed by atoms with Crippen LogP contribution in [0.25, 0.3) is 0 Å². The van der Waals surface area contributed by atoms with Crippen LogP contribution in [0.5, 0.6) is 0 Å². The molecule has 0 aromatic heterocycles. The lowest BCUT2D eigenvalue weighted by molar-refractivity contribution is -0.139. The quantitative estimate of drug-likeness (QED) is 0.706. The Morgan fingerprint density at radius 2 is 1.73 bits per heavy atom. The Kier molecular flexibility index (Phi) is 5.66. The number of nitrogens with one attached hydrogen (secondary N) is 1. The highest BCUT2D eigenvalue weighted by molar-refractivity contribution is 6.35. The highest BCUT2D eigenvalue weighted by atomic mass is 35.5. The van der Waals surface area contributed by atoms with Crippen LogP contribution in [0, 0.1) is 0 Å². The van der Waals surface area contributed by atoms with Gasteiger partial charge < -0.3 is 10.8 Å². The van der Waals surface area contributed by atoms with Gasteiger partial charge in [0, 0.05) is 27.8 Å². The summed E-state index contributed by atoms with van der Waals surface area (Å²) in [6.07, 6.45) is 0.345. The average molecular weight is 339 g/mol. The second kappa shape index (κ2) is 7.49. The Balaban J connectivity index is 2.06. The molecule has 0 aliphatic carbocycles. The second-order valence-corrected chi connectivity index (χ2v) is 5.73. The Hall–Kier alpha value is -1.75. The summed E-state index contributed by atoms with van der Waals surface area (Å²) in [5.41, 5.74) is 7.85. The number of nitrogen functional groups attached to an aromatic ring is 1. The predicted molar refractivity (Wildman–Crippen MR) is 89.3 cm³/mol. The molecule has 0 fully saturated rings. The minimum atomic E-state index is -0.931. The summed E-state index contributed by atoms with van der Waals surface area (Å²) in [6.45, 7) is 0.282. The maximum absolute atomic E-state index is 11.4. The Morgan fingerprint density at radius 3 is 2.27 bits per heavy atom. The van der Waals surface area contributed by atoms with Crippen LogP contribution in [0.3, 0.4) is 0 Å². The van der Waals surface area contributed by atoms with E-state index < -0.39 is 12.0 Å². The Bertz CT molecular complexity index is 639. The number of nitrogens with two attached hydrogens (primary N) is 1. The van der Waals surface area contributed by atoms with Crippen molar-refractivity contribution >= 4 is 34.9 Å². The van der Waals surface area contributed by atoms with Gasteiger partial charge in [0.05, 0.1) is 0 Å². The Labute approximate surface area is 138 Å². The van der Waals surface area contributed by atoms with Gasteiger partial charge in [0.15, 0.2) is 0 Å². The van der Waals surface area contributed by atoms with Crippen LogP contribution in [0.2, 0.25) is 10.0 Å². The van der Waals surface area contributed by atoms with Gasteiger partial charge in [-0.15, -0.1) is 0 Å². The fraction of sp³-hybridized carbons (Fsp3) is 0.188. The molecule has 116 valence electrons. The second-order valence-electron chi connectivity index (χ2n) is 4.92. The highest BCUT2D eigenvalue weighted by Crippen LogP contribution is 2.24. The van der Waals surface area contributed by atoms with E-state index in [1.807, 2.05) is 12.1 Å². The molecule has 2 aromatic rings. The van der Waals surface area contributed by atoms with Crippen LogP contribution < -0.4 is 11.1 Å². The van der Waals surface area contributed by atoms with E-state index in [0.29, 0.717) is 27.7 Å². The molecule has 0 saturated carbocycles. The number of hydrogen-bond donors (Lipinski definition) is 3. The van der Waals surface area contributed by atoms with Gasteiger partial charge in [-0.1, -0.05) is 41.4 Å². The zero-order valence-corrected chi connectivity index (χ0v) is 13.2. The molecule has 4 nitrogen and oxygen atoms in total. The van der Waals surface area contributed by atoms with Crippen molar-refractivity contribution in [1.82, 2.24) is 5.32 Å². The molecule has 0 saturated heterocycles. The number of halogens is 2. The zero-order valence-electron chi connectivity index (χ0n) is 11.7. The summed E-state index contributed by atoms with van der Waals surface area (Å²) >= 11 is 12.2. The number of benzene rings is 2. The molecule has 0 radical (unpaired) electrons. The number of carbonyl (C=O) groups is 1. The van der Waals surface area contributed by atoms with E-state index in [4.69, 9.17) is 28.9 Å². The molecule has 6 heteroatoms. The maximum atomic E-state index is 11.4. The van der Waals surface area contributed by atoms with Gasteiger partial charge in [0.2, 0.25) is 0 Å². The molecule has 0 bridgehead atoms. The van der Waals surface area contributed by atoms with E-state index in [-0.39, 0.29) is 6.54 Å². The topological polar surface area (TPSA) is 75.3 Å². The van der Waals surface area contributed by atoms with Crippen molar-refractivity contribution in [2.45, 2.75) is 19.0 Å². The summed E-state index contributed by atoms with van der Waals surface area (Å²) in [4.78, 5) is 11.4. The summed E-state index contributed by atoms with van der Waals surface area (Å²) < 4.78 is 0. The summed E-state index contributed by atoms with van der Waals surface area (Å²) in [6, 6.07) is 11.6. The standard InChI is InChI=1S/C16H16Cl2N2O2/c17-13-2-1-3-14(18)12(13)9-20-15(16(21)22)8-10-4-6-11(19)7-5-10/h1-7,15,20H,8-9,19H2,(H,21,22). The molecule has 4 N–H and O–H groups in total. The monoisotopic (exact) mass is 338 g/mol. The zero-order chi connectivity index (χ0) is 16.1. The molecule has 22 heavy (non-hydrogen) atoms. The van der Waals surface area contributed by atoms with Gasteiger partial charge >= 0.3 is 5.97 Å². The van der Waals surface area contributed by atoms with Gasteiger partial charge in [-0.05, 0) is 36.2 Å². The van der Waals surface area contributed by atoms with Gasteiger partial charge in [0.1, 0.15) is 6.04 Å². The molecular weight excluding hydrogens is 323 g/mol. The highest BCUT2D eigenvalue weighted by Gasteiger charge is 2.18. The van der Waals surface area contributed by atoms with Crippen LogP contribution in [-0.2, 0) is 17.8 Å². The third-order valence-corrected chi connectivity index (χ3v) is 4.01. The molecule has 0 spiro atoms. The normalized spacial score (nSPS) is 12.1. The van der Waals surface area contributed by atoms with Crippen molar-refractivity contribution in [2.75, 3.05) is 5.73 Å². The molecule has 2 rings (SSSR count). The number of hydrogen-bond acceptors (Lipinski definition) is 3. The van der Waals surface area contributed by atoms with Gasteiger partial charge in [-0.3, -0.25) is 10.1 Å². The molecule has 0 aliphatic heterocycles.